The first-order chi connectivity index (χ1) is 6.82. The fourth-order valence-corrected chi connectivity index (χ4v) is 1.32. The minimum atomic E-state index is -0.807. The minimum absolute atomic E-state index is 0.0785. The van der Waals surface area contributed by atoms with Crippen molar-refractivity contribution >= 4 is 17.4 Å². The van der Waals surface area contributed by atoms with Crippen LogP contribution in [0.25, 0.3) is 0 Å². The zero-order valence-corrected chi connectivity index (χ0v) is 10.2. The molecule has 1 unspecified atom stereocenters. The van der Waals surface area contributed by atoms with Crippen molar-refractivity contribution in [1.29, 1.82) is 0 Å². The summed E-state index contributed by atoms with van der Waals surface area (Å²) in [6.45, 7) is 5.43. The highest BCUT2D eigenvalue weighted by Gasteiger charge is 2.26. The van der Waals surface area contributed by atoms with Crippen LogP contribution in [0.2, 0.25) is 5.15 Å². The second kappa shape index (κ2) is 4.33. The molecule has 0 aliphatic heterocycles. The van der Waals surface area contributed by atoms with Crippen molar-refractivity contribution in [1.82, 2.24) is 9.97 Å². The summed E-state index contributed by atoms with van der Waals surface area (Å²) in [4.78, 5) is 9.92. The first-order valence-corrected chi connectivity index (χ1v) is 5.13. The van der Waals surface area contributed by atoms with Gasteiger partial charge in [0.1, 0.15) is 11.0 Å². The SMILES string of the molecule is CC(N(C)c1cncc(Cl)n1)C(C)(C)O. The predicted octanol–water partition coefficient (Wildman–Crippen LogP) is 1.73. The third kappa shape index (κ3) is 3.04. The summed E-state index contributed by atoms with van der Waals surface area (Å²) in [7, 11) is 1.85. The topological polar surface area (TPSA) is 49.2 Å². The van der Waals surface area contributed by atoms with E-state index < -0.39 is 5.60 Å². The van der Waals surface area contributed by atoms with Gasteiger partial charge in [0.15, 0.2) is 0 Å². The summed E-state index contributed by atoms with van der Waals surface area (Å²) < 4.78 is 0. The Morgan fingerprint density at radius 2 is 2.07 bits per heavy atom. The van der Waals surface area contributed by atoms with E-state index >= 15 is 0 Å². The van der Waals surface area contributed by atoms with Crippen LogP contribution in [0.3, 0.4) is 0 Å². The first kappa shape index (κ1) is 12.2. The van der Waals surface area contributed by atoms with Crippen molar-refractivity contribution in [3.63, 3.8) is 0 Å². The average Bonchev–Trinajstić information content (AvgIpc) is 2.14. The Balaban J connectivity index is 2.90. The Labute approximate surface area is 94.9 Å². The van der Waals surface area contributed by atoms with Crippen LogP contribution in [-0.2, 0) is 0 Å². The number of aliphatic hydroxyl groups is 1. The van der Waals surface area contributed by atoms with Crippen molar-refractivity contribution < 1.29 is 5.11 Å². The van der Waals surface area contributed by atoms with Crippen LogP contribution in [0.4, 0.5) is 5.82 Å². The van der Waals surface area contributed by atoms with Crippen LogP contribution < -0.4 is 4.90 Å². The van der Waals surface area contributed by atoms with Gasteiger partial charge in [0.25, 0.3) is 0 Å². The van der Waals surface area contributed by atoms with E-state index in [1.165, 1.54) is 6.20 Å². The van der Waals surface area contributed by atoms with Gasteiger partial charge >= 0.3 is 0 Å². The van der Waals surface area contributed by atoms with Gasteiger partial charge in [-0.1, -0.05) is 11.6 Å². The number of anilines is 1. The molecule has 1 N–H and O–H groups in total. The quantitative estimate of drug-likeness (QED) is 0.858. The van der Waals surface area contributed by atoms with E-state index in [0.29, 0.717) is 11.0 Å². The zero-order valence-electron chi connectivity index (χ0n) is 9.40. The number of likely N-dealkylation sites (N-methyl/N-ethyl adjacent to an activating group) is 1. The lowest BCUT2D eigenvalue weighted by molar-refractivity contribution is 0.0563. The monoisotopic (exact) mass is 229 g/mol. The number of hydrogen-bond donors (Lipinski definition) is 1. The summed E-state index contributed by atoms with van der Waals surface area (Å²) >= 11 is 5.75. The molecular formula is C10H16ClN3O. The van der Waals surface area contributed by atoms with E-state index in [2.05, 4.69) is 9.97 Å². The summed E-state index contributed by atoms with van der Waals surface area (Å²) in [5.41, 5.74) is -0.807. The smallest absolute Gasteiger partial charge is 0.149 e. The lowest BCUT2D eigenvalue weighted by atomic mass is 10.00. The number of nitrogens with zero attached hydrogens (tertiary/aromatic N) is 3. The third-order valence-electron chi connectivity index (χ3n) is 2.56. The summed E-state index contributed by atoms with van der Waals surface area (Å²) in [5.74, 6) is 0.650. The molecule has 0 amide bonds. The van der Waals surface area contributed by atoms with Gasteiger partial charge in [-0.25, -0.2) is 4.98 Å². The summed E-state index contributed by atoms with van der Waals surface area (Å²) in [6.07, 6.45) is 3.10. The van der Waals surface area contributed by atoms with E-state index in [9.17, 15) is 5.11 Å². The number of hydrogen-bond acceptors (Lipinski definition) is 4. The summed E-state index contributed by atoms with van der Waals surface area (Å²) in [5, 5.41) is 10.2. The van der Waals surface area contributed by atoms with Crippen LogP contribution in [-0.4, -0.2) is 33.8 Å². The molecule has 0 aliphatic carbocycles. The number of halogens is 1. The molecule has 0 saturated carbocycles. The van der Waals surface area contributed by atoms with Gasteiger partial charge in [0.05, 0.1) is 24.0 Å². The summed E-state index contributed by atoms with van der Waals surface area (Å²) in [6, 6.07) is -0.0785. The Morgan fingerprint density at radius 3 is 2.53 bits per heavy atom. The maximum Gasteiger partial charge on any atom is 0.149 e. The van der Waals surface area contributed by atoms with Crippen LogP contribution in [0, 0.1) is 0 Å². The van der Waals surface area contributed by atoms with Crippen molar-refractivity contribution in [3.8, 4) is 0 Å². The normalized spacial score (nSPS) is 13.7. The van der Waals surface area contributed by atoms with E-state index in [-0.39, 0.29) is 6.04 Å². The first-order valence-electron chi connectivity index (χ1n) is 4.75. The Kier molecular flexibility index (Phi) is 3.52. The molecular weight excluding hydrogens is 214 g/mol. The van der Waals surface area contributed by atoms with E-state index in [1.807, 2.05) is 18.9 Å². The van der Waals surface area contributed by atoms with Gasteiger partial charge in [-0.15, -0.1) is 0 Å². The van der Waals surface area contributed by atoms with Gasteiger partial charge in [-0.2, -0.15) is 0 Å². The fourth-order valence-electron chi connectivity index (χ4n) is 1.17. The molecule has 1 rings (SSSR count). The predicted molar refractivity (Wildman–Crippen MR) is 61.2 cm³/mol. The Hall–Kier alpha value is -0.870. The highest BCUT2D eigenvalue weighted by Crippen LogP contribution is 2.19. The molecule has 1 aromatic rings. The molecule has 84 valence electrons. The third-order valence-corrected chi connectivity index (χ3v) is 2.74. The molecule has 5 heteroatoms. The van der Waals surface area contributed by atoms with Crippen LogP contribution in [0.15, 0.2) is 12.4 Å². The molecule has 1 atom stereocenters. The highest BCUT2D eigenvalue weighted by atomic mass is 35.5. The van der Waals surface area contributed by atoms with Crippen LogP contribution in [0.5, 0.6) is 0 Å². The van der Waals surface area contributed by atoms with Gasteiger partial charge in [-0.3, -0.25) is 4.98 Å². The molecule has 0 saturated heterocycles. The molecule has 0 bridgehead atoms. The molecule has 15 heavy (non-hydrogen) atoms. The zero-order chi connectivity index (χ0) is 11.6. The van der Waals surface area contributed by atoms with E-state index in [4.69, 9.17) is 11.6 Å². The van der Waals surface area contributed by atoms with Crippen molar-refractivity contribution in [2.45, 2.75) is 32.4 Å². The van der Waals surface area contributed by atoms with Crippen LogP contribution >= 0.6 is 11.6 Å². The van der Waals surface area contributed by atoms with Crippen molar-refractivity contribution in [3.05, 3.63) is 17.5 Å². The second-order valence-corrected chi connectivity index (χ2v) is 4.53. The van der Waals surface area contributed by atoms with Gasteiger partial charge < -0.3 is 10.0 Å². The molecule has 0 radical (unpaired) electrons. The lowest BCUT2D eigenvalue weighted by Crippen LogP contribution is -2.46. The largest absolute Gasteiger partial charge is 0.388 e. The average molecular weight is 230 g/mol. The molecule has 0 aromatic carbocycles. The highest BCUT2D eigenvalue weighted by molar-refractivity contribution is 6.29. The molecule has 0 aliphatic rings. The molecule has 0 fully saturated rings. The molecule has 1 heterocycles. The number of rotatable bonds is 3. The molecule has 1 aromatic heterocycles. The maximum atomic E-state index is 9.86. The van der Waals surface area contributed by atoms with Crippen molar-refractivity contribution in [2.75, 3.05) is 11.9 Å². The molecule has 0 spiro atoms. The van der Waals surface area contributed by atoms with Gasteiger partial charge in [0.2, 0.25) is 0 Å². The number of aromatic nitrogens is 2. The second-order valence-electron chi connectivity index (χ2n) is 4.14. The van der Waals surface area contributed by atoms with Gasteiger partial charge in [-0.05, 0) is 20.8 Å². The maximum absolute atomic E-state index is 9.86. The standard InChI is InChI=1S/C10H16ClN3O/c1-7(10(2,3)15)14(4)9-6-12-5-8(11)13-9/h5-7,15H,1-4H3. The lowest BCUT2D eigenvalue weighted by Gasteiger charge is -2.34. The fraction of sp³-hybridized carbons (Fsp3) is 0.600. The Morgan fingerprint density at radius 1 is 1.47 bits per heavy atom. The Bertz CT molecular complexity index is 338. The van der Waals surface area contributed by atoms with Gasteiger partial charge in [0, 0.05) is 7.05 Å². The van der Waals surface area contributed by atoms with E-state index in [1.54, 1.807) is 20.0 Å². The van der Waals surface area contributed by atoms with Crippen LogP contribution in [0.1, 0.15) is 20.8 Å². The molecule has 4 nitrogen and oxygen atoms in total. The van der Waals surface area contributed by atoms with Crippen molar-refractivity contribution in [2.24, 2.45) is 0 Å². The van der Waals surface area contributed by atoms with E-state index in [0.717, 1.165) is 0 Å². The minimum Gasteiger partial charge on any atom is -0.388 e.